The Hall–Kier alpha value is -2.00. The molecule has 8 aliphatic rings. The molecule has 24 atom stereocenters. The molecule has 13 N–H and O–H groups in total. The van der Waals surface area contributed by atoms with Crippen LogP contribution >= 0.6 is 0 Å². The van der Waals surface area contributed by atoms with Crippen LogP contribution in [0, 0.1) is 50.2 Å². The van der Waals surface area contributed by atoms with Gasteiger partial charge < -0.3 is 94.8 Å². The van der Waals surface area contributed by atoms with Crippen molar-refractivity contribution in [2.24, 2.45) is 50.2 Å². The maximum Gasteiger partial charge on any atom is 0.312 e. The highest BCUT2D eigenvalue weighted by Crippen LogP contribution is 2.76. The summed E-state index contributed by atoms with van der Waals surface area (Å²) in [6, 6.07) is 0. The maximum absolute atomic E-state index is 13.8. The molecule has 69 heavy (non-hydrogen) atoms. The second-order valence-electron chi connectivity index (χ2n) is 23.6. The van der Waals surface area contributed by atoms with Crippen molar-refractivity contribution in [2.45, 2.75) is 197 Å². The molecule has 0 aromatic rings. The predicted molar refractivity (Wildman–Crippen MR) is 234 cm³/mol. The molecule has 3 saturated heterocycles. The Morgan fingerprint density at radius 3 is 1.97 bits per heavy atom. The van der Waals surface area contributed by atoms with Gasteiger partial charge in [-0.25, -0.2) is 0 Å². The van der Waals surface area contributed by atoms with E-state index in [9.17, 15) is 76.0 Å². The number of ether oxygens (including phenoxy) is 6. The van der Waals surface area contributed by atoms with Gasteiger partial charge in [0, 0.05) is 0 Å². The zero-order valence-corrected chi connectivity index (χ0v) is 40.2. The van der Waals surface area contributed by atoms with E-state index < -0.39 is 158 Å². The van der Waals surface area contributed by atoms with Gasteiger partial charge in [0.25, 0.3) is 0 Å². The van der Waals surface area contributed by atoms with E-state index in [-0.39, 0.29) is 34.5 Å². The Kier molecular flexibility index (Phi) is 14.2. The zero-order valence-electron chi connectivity index (χ0n) is 40.2. The van der Waals surface area contributed by atoms with Crippen LogP contribution in [-0.2, 0) is 38.0 Å². The molecule has 394 valence electrons. The lowest BCUT2D eigenvalue weighted by Crippen LogP contribution is -2.70. The Labute approximate surface area is 400 Å². The van der Waals surface area contributed by atoms with Crippen LogP contribution in [0.25, 0.3) is 0 Å². The zero-order chi connectivity index (χ0) is 50.8. The minimum Gasteiger partial charge on any atom is -0.481 e. The fourth-order valence-corrected chi connectivity index (χ4v) is 15.1. The number of carboxylic acid groups (broad SMARTS) is 2. The molecule has 0 aromatic carbocycles. The molecule has 3 heterocycles. The lowest BCUT2D eigenvalue weighted by molar-refractivity contribution is -0.375. The van der Waals surface area contributed by atoms with Crippen molar-refractivity contribution in [1.82, 2.24) is 0 Å². The van der Waals surface area contributed by atoms with Crippen LogP contribution in [0.4, 0.5) is 0 Å². The normalized spacial score (nSPS) is 54.0. The van der Waals surface area contributed by atoms with E-state index in [4.69, 9.17) is 28.4 Å². The number of carboxylic acids is 2. The van der Waals surface area contributed by atoms with Crippen LogP contribution in [0.5, 0.6) is 0 Å². The molecule has 21 nitrogen and oxygen atoms in total. The Morgan fingerprint density at radius 1 is 0.696 bits per heavy atom. The van der Waals surface area contributed by atoms with Gasteiger partial charge in [0.15, 0.2) is 18.9 Å². The van der Waals surface area contributed by atoms with Crippen LogP contribution in [0.2, 0.25) is 0 Å². The van der Waals surface area contributed by atoms with Crippen molar-refractivity contribution in [3.8, 4) is 0 Å². The van der Waals surface area contributed by atoms with E-state index in [0.717, 1.165) is 12.8 Å². The molecule has 8 rings (SSSR count). The van der Waals surface area contributed by atoms with Crippen LogP contribution in [-0.4, -0.2) is 202 Å². The summed E-state index contributed by atoms with van der Waals surface area (Å²) in [5.74, 6) is -2.83. The number of aliphatic hydroxyl groups excluding tert-OH is 10. The summed E-state index contributed by atoms with van der Waals surface area (Å²) in [6.45, 7) is 9.16. The van der Waals surface area contributed by atoms with Gasteiger partial charge >= 0.3 is 11.9 Å². The van der Waals surface area contributed by atoms with E-state index in [0.29, 0.717) is 38.5 Å². The van der Waals surface area contributed by atoms with Crippen molar-refractivity contribution in [3.05, 3.63) is 11.6 Å². The highest BCUT2D eigenvalue weighted by Gasteiger charge is 2.73. The van der Waals surface area contributed by atoms with Gasteiger partial charge in [0.2, 0.25) is 0 Å². The van der Waals surface area contributed by atoms with E-state index in [1.807, 2.05) is 6.92 Å². The van der Waals surface area contributed by atoms with E-state index in [1.54, 1.807) is 0 Å². The topological polar surface area (TPSA) is 353 Å². The number of rotatable bonds is 11. The summed E-state index contributed by atoms with van der Waals surface area (Å²) in [6.07, 6.45) is -19.0. The molecule has 3 aliphatic heterocycles. The van der Waals surface area contributed by atoms with Crippen molar-refractivity contribution in [2.75, 3.05) is 26.4 Å². The highest BCUT2D eigenvalue weighted by atomic mass is 16.7. The molecule has 0 spiro atoms. The van der Waals surface area contributed by atoms with E-state index in [1.165, 1.54) is 12.5 Å². The first-order valence-corrected chi connectivity index (χ1v) is 24.5. The van der Waals surface area contributed by atoms with Crippen LogP contribution in [0.3, 0.4) is 0 Å². The smallest absolute Gasteiger partial charge is 0.312 e. The van der Waals surface area contributed by atoms with Crippen LogP contribution in [0.15, 0.2) is 11.6 Å². The molecule has 4 saturated carbocycles. The fraction of sp³-hybridized carbons (Fsp3) is 0.917. The van der Waals surface area contributed by atoms with Crippen molar-refractivity contribution < 1.29 is 104 Å². The molecule has 0 amide bonds. The summed E-state index contributed by atoms with van der Waals surface area (Å²) in [4.78, 5) is 26.9. The van der Waals surface area contributed by atoms with Gasteiger partial charge in [0.05, 0.1) is 43.4 Å². The quantitative estimate of drug-likeness (QED) is 0.0849. The third-order valence-electron chi connectivity index (χ3n) is 19.5. The molecule has 0 bridgehead atoms. The first-order chi connectivity index (χ1) is 32.1. The molecule has 0 radical (unpaired) electrons. The minimum atomic E-state index is -2.42. The average Bonchev–Trinajstić information content (AvgIpc) is 3.28. The number of carbonyl (C=O) groups is 2. The van der Waals surface area contributed by atoms with E-state index in [2.05, 4.69) is 33.8 Å². The lowest BCUT2D eigenvalue weighted by Gasteiger charge is -2.71. The third kappa shape index (κ3) is 8.16. The molecule has 7 fully saturated rings. The van der Waals surface area contributed by atoms with Gasteiger partial charge in [-0.15, -0.1) is 0 Å². The lowest BCUT2D eigenvalue weighted by atomic mass is 9.33. The van der Waals surface area contributed by atoms with Gasteiger partial charge in [-0.3, -0.25) is 9.59 Å². The van der Waals surface area contributed by atoms with Crippen molar-refractivity contribution in [1.29, 1.82) is 0 Å². The summed E-state index contributed by atoms with van der Waals surface area (Å²) >= 11 is 0. The van der Waals surface area contributed by atoms with Gasteiger partial charge in [-0.05, 0) is 104 Å². The molecular weight excluding hydrogens is 913 g/mol. The fourth-order valence-electron chi connectivity index (χ4n) is 15.1. The first kappa shape index (κ1) is 53.3. The SMILES string of the molecule is CC1(C)CC[C@]2(C(=O)O)CC[C@]3(C)C(=CC[C@@H]4[C@@]5(C)C[C@H](O)[C@H](O[C@@H]6O[C@H](CO)[C@@H](O)[C@H](O[C@@H]7OC[C@](O)(CO[C@@H]8O[C@H](CO)[C@@H](O)[C@H](O)[C@H]8O)[C@H](O)[C@H]7O)[C@H]6O)[C@@](C)(C(=O)O)[C@@H]5CC[C@]43C)[C@@H]2C1. The molecular formula is C48H76O21. The Bertz CT molecular complexity index is 1950. The molecule has 21 heteroatoms. The standard InChI is InChI=1S/C48H76O21/c1-42(2)11-13-47(41(61)62)14-12-44(4)21(22(47)15-42)7-8-26-43(3)16-23(51)36(46(6,40(59)60)27(43)9-10-45(26,44)5)69-39-32(56)34(29(53)25(18-50)67-39)68-38-33(57)35(58)48(63,20-65-38)19-64-37-31(55)30(54)28(52)24(17-49)66-37/h7,22-39,49-58,63H,8-20H2,1-6H3,(H,59,60)(H,61,62)/t22-,23-,24+,25+,26+,27+,28+,29+,30-,31+,32+,33+,34-,35+,36-,37+,38-,39-,43+,44+,45+,46-,47-,48+/m0/s1. The summed E-state index contributed by atoms with van der Waals surface area (Å²) in [5, 5.41) is 141. The second kappa shape index (κ2) is 18.4. The number of hydrogen-bond donors (Lipinski definition) is 13. The van der Waals surface area contributed by atoms with Gasteiger partial charge in [-0.1, -0.05) is 46.3 Å². The minimum absolute atomic E-state index is 0.0338. The highest BCUT2D eigenvalue weighted by molar-refractivity contribution is 5.77. The summed E-state index contributed by atoms with van der Waals surface area (Å²) < 4.78 is 34.3. The monoisotopic (exact) mass is 988 g/mol. The molecule has 5 aliphatic carbocycles. The summed E-state index contributed by atoms with van der Waals surface area (Å²) in [5.41, 5.74) is -5.43. The number of allylic oxidation sites excluding steroid dienone is 2. The largest absolute Gasteiger partial charge is 0.481 e. The number of aliphatic carboxylic acids is 2. The van der Waals surface area contributed by atoms with Crippen LogP contribution in [0.1, 0.15) is 99.3 Å². The number of hydrogen-bond acceptors (Lipinski definition) is 19. The Balaban J connectivity index is 0.996. The first-order valence-electron chi connectivity index (χ1n) is 24.5. The molecule has 0 unspecified atom stereocenters. The molecule has 0 aromatic heterocycles. The van der Waals surface area contributed by atoms with Crippen molar-refractivity contribution in [3.63, 3.8) is 0 Å². The second-order valence-corrected chi connectivity index (χ2v) is 23.6. The summed E-state index contributed by atoms with van der Waals surface area (Å²) in [7, 11) is 0. The van der Waals surface area contributed by atoms with Gasteiger partial charge in [0.1, 0.15) is 72.7 Å². The van der Waals surface area contributed by atoms with Crippen LogP contribution < -0.4 is 0 Å². The maximum atomic E-state index is 13.8. The van der Waals surface area contributed by atoms with Gasteiger partial charge in [-0.2, -0.15) is 0 Å². The Morgan fingerprint density at radius 2 is 1.33 bits per heavy atom. The third-order valence-corrected chi connectivity index (χ3v) is 19.5. The number of aliphatic hydroxyl groups is 11. The van der Waals surface area contributed by atoms with Crippen molar-refractivity contribution >= 4 is 11.9 Å². The number of fused-ring (bicyclic) bond motifs is 7. The van der Waals surface area contributed by atoms with E-state index >= 15 is 0 Å². The predicted octanol–water partition coefficient (Wildman–Crippen LogP) is -1.26. The average molecular weight is 989 g/mol.